The topological polar surface area (TPSA) is 130 Å². The van der Waals surface area contributed by atoms with E-state index in [0.717, 1.165) is 0 Å². The van der Waals surface area contributed by atoms with Gasteiger partial charge in [0.05, 0.1) is 6.61 Å². The lowest BCUT2D eigenvalue weighted by Crippen LogP contribution is -2.30. The third-order valence-corrected chi connectivity index (χ3v) is 1.76. The Labute approximate surface area is 74.7 Å². The summed E-state index contributed by atoms with van der Waals surface area (Å²) in [6, 6.07) is -1.01. The summed E-state index contributed by atoms with van der Waals surface area (Å²) in [6.45, 7) is -0.203. The summed E-state index contributed by atoms with van der Waals surface area (Å²) in [6.07, 6.45) is 0.313. The molecule has 0 amide bonds. The number of hydrogen-bond acceptors (Lipinski definition) is 4. The van der Waals surface area contributed by atoms with Crippen LogP contribution in [0.1, 0.15) is 12.8 Å². The predicted molar refractivity (Wildman–Crippen MR) is 42.8 cm³/mol. The lowest BCUT2D eigenvalue weighted by Gasteiger charge is -2.07. The first-order valence-corrected chi connectivity index (χ1v) is 5.04. The Balaban J connectivity index is 3.47. The van der Waals surface area contributed by atoms with E-state index in [9.17, 15) is 9.36 Å². The molecule has 0 saturated carbocycles. The number of carbonyl (C=O) groups is 1. The minimum absolute atomic E-state index is 0.120. The summed E-state index contributed by atoms with van der Waals surface area (Å²) in [5.41, 5.74) is 5.12. The van der Waals surface area contributed by atoms with E-state index in [-0.39, 0.29) is 19.4 Å². The van der Waals surface area contributed by atoms with Crippen LogP contribution in [-0.4, -0.2) is 33.5 Å². The SMILES string of the molecule is N[C@@H](CCCOP(=O)(O)O)C(=O)O. The highest BCUT2D eigenvalue weighted by molar-refractivity contribution is 7.46. The van der Waals surface area contributed by atoms with Crippen molar-refractivity contribution in [2.24, 2.45) is 5.73 Å². The molecular formula is C5H12NO6P. The number of aliphatic carboxylic acids is 1. The van der Waals surface area contributed by atoms with Crippen LogP contribution in [0.2, 0.25) is 0 Å². The molecule has 0 aliphatic rings. The molecule has 0 unspecified atom stereocenters. The van der Waals surface area contributed by atoms with E-state index in [1.165, 1.54) is 0 Å². The molecule has 13 heavy (non-hydrogen) atoms. The molecule has 8 heteroatoms. The van der Waals surface area contributed by atoms with Gasteiger partial charge in [-0.05, 0) is 12.8 Å². The molecule has 0 spiro atoms. The van der Waals surface area contributed by atoms with Gasteiger partial charge in [-0.2, -0.15) is 0 Å². The molecule has 1 atom stereocenters. The number of hydrogen-bond donors (Lipinski definition) is 4. The van der Waals surface area contributed by atoms with Gasteiger partial charge in [-0.25, -0.2) is 4.57 Å². The Bertz CT molecular complexity index is 213. The molecule has 5 N–H and O–H groups in total. The molecular weight excluding hydrogens is 201 g/mol. The van der Waals surface area contributed by atoms with Crippen molar-refractivity contribution < 1.29 is 28.8 Å². The molecule has 0 aromatic heterocycles. The summed E-state index contributed by atoms with van der Waals surface area (Å²) < 4.78 is 14.2. The minimum atomic E-state index is -4.44. The number of phosphoric acid groups is 1. The van der Waals surface area contributed by atoms with Gasteiger partial charge >= 0.3 is 13.8 Å². The fourth-order valence-electron chi connectivity index (χ4n) is 0.610. The standard InChI is InChI=1S/C5H12NO6P/c6-4(5(7)8)2-1-3-12-13(9,10)11/h4H,1-3,6H2,(H,7,8)(H2,9,10,11)/t4-/m0/s1. The summed E-state index contributed by atoms with van der Waals surface area (Å²) in [4.78, 5) is 26.6. The maximum Gasteiger partial charge on any atom is 0.469 e. The first-order valence-electron chi connectivity index (χ1n) is 3.51. The molecule has 0 aromatic carbocycles. The van der Waals surface area contributed by atoms with Gasteiger partial charge in [0.25, 0.3) is 0 Å². The van der Waals surface area contributed by atoms with Crippen LogP contribution in [0.15, 0.2) is 0 Å². The molecule has 0 aliphatic heterocycles. The Hall–Kier alpha value is -0.460. The number of nitrogens with two attached hydrogens (primary N) is 1. The van der Waals surface area contributed by atoms with Gasteiger partial charge < -0.3 is 20.6 Å². The van der Waals surface area contributed by atoms with Crippen LogP contribution in [0, 0.1) is 0 Å². The van der Waals surface area contributed by atoms with Crippen molar-refractivity contribution in [2.45, 2.75) is 18.9 Å². The fourth-order valence-corrected chi connectivity index (χ4v) is 0.977. The zero-order valence-electron chi connectivity index (χ0n) is 6.79. The predicted octanol–water partition coefficient (Wildman–Crippen LogP) is -0.712. The molecule has 0 bridgehead atoms. The van der Waals surface area contributed by atoms with E-state index in [1.807, 2.05) is 0 Å². The first kappa shape index (κ1) is 12.5. The van der Waals surface area contributed by atoms with E-state index in [4.69, 9.17) is 20.6 Å². The van der Waals surface area contributed by atoms with E-state index >= 15 is 0 Å². The van der Waals surface area contributed by atoms with E-state index in [2.05, 4.69) is 4.52 Å². The van der Waals surface area contributed by atoms with Crippen molar-refractivity contribution in [1.82, 2.24) is 0 Å². The number of rotatable bonds is 6. The molecule has 78 valence electrons. The monoisotopic (exact) mass is 213 g/mol. The van der Waals surface area contributed by atoms with Crippen LogP contribution in [0.3, 0.4) is 0 Å². The zero-order valence-corrected chi connectivity index (χ0v) is 7.68. The van der Waals surface area contributed by atoms with E-state index in [0.29, 0.717) is 0 Å². The smallest absolute Gasteiger partial charge is 0.469 e. The van der Waals surface area contributed by atoms with Crippen molar-refractivity contribution >= 4 is 13.8 Å². The van der Waals surface area contributed by atoms with Crippen LogP contribution >= 0.6 is 7.82 Å². The molecule has 0 heterocycles. The van der Waals surface area contributed by atoms with Crippen LogP contribution in [-0.2, 0) is 13.9 Å². The molecule has 0 rings (SSSR count). The lowest BCUT2D eigenvalue weighted by molar-refractivity contribution is -0.138. The van der Waals surface area contributed by atoms with E-state index in [1.54, 1.807) is 0 Å². The summed E-state index contributed by atoms with van der Waals surface area (Å²) in [5, 5.41) is 8.32. The highest BCUT2D eigenvalue weighted by Gasteiger charge is 2.15. The Morgan fingerprint density at radius 2 is 2.08 bits per heavy atom. The van der Waals surface area contributed by atoms with Crippen LogP contribution < -0.4 is 5.73 Å². The summed E-state index contributed by atoms with van der Waals surface area (Å²) >= 11 is 0. The second-order valence-electron chi connectivity index (χ2n) is 2.41. The second kappa shape index (κ2) is 5.31. The van der Waals surface area contributed by atoms with Gasteiger partial charge in [0.1, 0.15) is 6.04 Å². The normalized spacial score (nSPS) is 14.1. The highest BCUT2D eigenvalue weighted by Crippen LogP contribution is 2.35. The Morgan fingerprint density at radius 1 is 1.54 bits per heavy atom. The molecule has 0 saturated heterocycles. The minimum Gasteiger partial charge on any atom is -0.480 e. The third-order valence-electron chi connectivity index (χ3n) is 1.24. The Kier molecular flexibility index (Phi) is 5.12. The number of carboxylic acid groups (broad SMARTS) is 1. The van der Waals surface area contributed by atoms with Crippen molar-refractivity contribution in [3.05, 3.63) is 0 Å². The second-order valence-corrected chi connectivity index (χ2v) is 3.65. The van der Waals surface area contributed by atoms with Crippen molar-refractivity contribution in [1.29, 1.82) is 0 Å². The van der Waals surface area contributed by atoms with E-state index < -0.39 is 19.8 Å². The van der Waals surface area contributed by atoms with Gasteiger partial charge in [-0.15, -0.1) is 0 Å². The third kappa shape index (κ3) is 7.89. The summed E-state index contributed by atoms with van der Waals surface area (Å²) in [7, 11) is -4.44. The molecule has 7 nitrogen and oxygen atoms in total. The first-order chi connectivity index (χ1) is 5.83. The van der Waals surface area contributed by atoms with Crippen LogP contribution in [0.25, 0.3) is 0 Å². The van der Waals surface area contributed by atoms with Gasteiger partial charge in [-0.1, -0.05) is 0 Å². The van der Waals surface area contributed by atoms with Crippen LogP contribution in [0.5, 0.6) is 0 Å². The zero-order chi connectivity index (χ0) is 10.5. The lowest BCUT2D eigenvalue weighted by atomic mass is 10.2. The van der Waals surface area contributed by atoms with Crippen molar-refractivity contribution in [2.75, 3.05) is 6.61 Å². The van der Waals surface area contributed by atoms with Gasteiger partial charge in [-0.3, -0.25) is 9.32 Å². The van der Waals surface area contributed by atoms with Gasteiger partial charge in [0.2, 0.25) is 0 Å². The molecule has 0 aliphatic carbocycles. The average molecular weight is 213 g/mol. The maximum absolute atomic E-state index is 10.2. The Morgan fingerprint density at radius 3 is 2.46 bits per heavy atom. The van der Waals surface area contributed by atoms with Crippen molar-refractivity contribution in [3.63, 3.8) is 0 Å². The molecule has 0 fully saturated rings. The molecule has 0 aromatic rings. The van der Waals surface area contributed by atoms with Crippen LogP contribution in [0.4, 0.5) is 0 Å². The average Bonchev–Trinajstić information content (AvgIpc) is 1.95. The quantitative estimate of drug-likeness (QED) is 0.338. The van der Waals surface area contributed by atoms with Crippen molar-refractivity contribution in [3.8, 4) is 0 Å². The molecule has 0 radical (unpaired) electrons. The van der Waals surface area contributed by atoms with Gasteiger partial charge in [0, 0.05) is 0 Å². The summed E-state index contributed by atoms with van der Waals surface area (Å²) in [5.74, 6) is -1.14. The van der Waals surface area contributed by atoms with Gasteiger partial charge in [0.15, 0.2) is 0 Å². The highest BCUT2D eigenvalue weighted by atomic mass is 31.2. The maximum atomic E-state index is 10.2. The number of carboxylic acids is 1. The number of phosphoric ester groups is 1. The largest absolute Gasteiger partial charge is 0.480 e. The fraction of sp³-hybridized carbons (Fsp3) is 0.800.